The minimum absolute atomic E-state index is 0.0116. The summed E-state index contributed by atoms with van der Waals surface area (Å²) in [5, 5.41) is 43.7. The maximum Gasteiger partial charge on any atom is 0.407 e. The number of rotatable bonds is 11. The molecule has 0 aliphatic heterocycles. The molecule has 0 spiro atoms. The normalized spacial score (nSPS) is 10.8. The Bertz CT molecular complexity index is 1650. The topological polar surface area (TPSA) is 179 Å². The molecule has 1 heterocycles. The Hall–Kier alpha value is -5.59. The average Bonchev–Trinajstić information content (AvgIpc) is 3.43. The lowest BCUT2D eigenvalue weighted by Crippen LogP contribution is -2.35. The van der Waals surface area contributed by atoms with Crippen LogP contribution < -0.4 is 15.4 Å². The number of phenolic OH excluding ortho intramolecular Hbond substituents is 2. The fourth-order valence-electron chi connectivity index (χ4n) is 4.33. The SMILES string of the molecule is CCNC(=O)c1nnc(-c2cc(C(C)C)c(O)cc2O)n1-c1ccc(Oc2ccc(C(=O)NCCN(C)C(=O)O)cc2)cc1. The number of ether oxygens (including phenoxy) is 1. The molecule has 0 saturated heterocycles. The van der Waals surface area contributed by atoms with Gasteiger partial charge < -0.3 is 35.6 Å². The van der Waals surface area contributed by atoms with E-state index >= 15 is 0 Å². The van der Waals surface area contributed by atoms with Crippen LogP contribution >= 0.6 is 0 Å². The molecular weight excluding hydrogens is 568 g/mol. The van der Waals surface area contributed by atoms with E-state index in [9.17, 15) is 24.6 Å². The number of carbonyl (C=O) groups is 3. The van der Waals surface area contributed by atoms with Crippen LogP contribution in [-0.4, -0.2) is 79.6 Å². The lowest BCUT2D eigenvalue weighted by atomic mass is 9.98. The standard InChI is InChI=1S/C31H34N6O7/c1-5-32-30(41)28-35-34-27(24-16-23(18(2)3)25(38)17-26(24)39)37(28)20-8-12-22(13-9-20)44-21-10-6-19(7-11-21)29(40)33-14-15-36(4)31(42)43/h6-13,16-18,38-39H,5,14-15H2,1-4H3,(H,32,41)(H,33,40)(H,42,43). The van der Waals surface area contributed by atoms with E-state index in [1.165, 1.54) is 17.7 Å². The quantitative estimate of drug-likeness (QED) is 0.167. The Morgan fingerprint density at radius 1 is 0.909 bits per heavy atom. The van der Waals surface area contributed by atoms with E-state index in [1.807, 2.05) is 13.8 Å². The highest BCUT2D eigenvalue weighted by molar-refractivity contribution is 5.94. The summed E-state index contributed by atoms with van der Waals surface area (Å²) in [6, 6.07) is 16.1. The van der Waals surface area contributed by atoms with Crippen molar-refractivity contribution < 1.29 is 34.4 Å². The van der Waals surface area contributed by atoms with Gasteiger partial charge in [-0.1, -0.05) is 13.8 Å². The van der Waals surface area contributed by atoms with Gasteiger partial charge in [0.25, 0.3) is 11.8 Å². The molecule has 0 atom stereocenters. The zero-order chi connectivity index (χ0) is 32.0. The molecule has 13 heteroatoms. The number of benzene rings is 3. The van der Waals surface area contributed by atoms with Crippen LogP contribution in [0.5, 0.6) is 23.0 Å². The number of phenols is 2. The number of nitrogens with zero attached hydrogens (tertiary/aromatic N) is 4. The van der Waals surface area contributed by atoms with E-state index < -0.39 is 12.0 Å². The summed E-state index contributed by atoms with van der Waals surface area (Å²) in [6.45, 7) is 6.31. The molecule has 0 radical (unpaired) electrons. The number of aromatic hydroxyl groups is 2. The van der Waals surface area contributed by atoms with Crippen LogP contribution in [0.25, 0.3) is 17.1 Å². The minimum Gasteiger partial charge on any atom is -0.508 e. The molecule has 0 unspecified atom stereocenters. The summed E-state index contributed by atoms with van der Waals surface area (Å²) in [4.78, 5) is 37.2. The first kappa shape index (κ1) is 31.3. The first-order valence-corrected chi connectivity index (χ1v) is 13.9. The van der Waals surface area contributed by atoms with E-state index in [-0.39, 0.29) is 48.1 Å². The van der Waals surface area contributed by atoms with Crippen LogP contribution in [0.1, 0.15) is 53.2 Å². The third kappa shape index (κ3) is 7.06. The van der Waals surface area contributed by atoms with Crippen molar-refractivity contribution >= 4 is 17.9 Å². The number of nitrogens with one attached hydrogen (secondary N) is 2. The molecular formula is C31H34N6O7. The van der Waals surface area contributed by atoms with Gasteiger partial charge in [-0.05, 0) is 73.0 Å². The second kappa shape index (κ2) is 13.6. The molecule has 230 valence electrons. The summed E-state index contributed by atoms with van der Waals surface area (Å²) < 4.78 is 7.46. The number of carbonyl (C=O) groups excluding carboxylic acids is 2. The Morgan fingerprint density at radius 2 is 1.55 bits per heavy atom. The number of hydrogen-bond donors (Lipinski definition) is 5. The van der Waals surface area contributed by atoms with Gasteiger partial charge >= 0.3 is 6.09 Å². The number of amides is 3. The van der Waals surface area contributed by atoms with Crippen molar-refractivity contribution in [2.24, 2.45) is 0 Å². The smallest absolute Gasteiger partial charge is 0.407 e. The largest absolute Gasteiger partial charge is 0.508 e. The van der Waals surface area contributed by atoms with Crippen LogP contribution in [0.4, 0.5) is 4.79 Å². The first-order chi connectivity index (χ1) is 21.0. The van der Waals surface area contributed by atoms with Crippen LogP contribution in [0.15, 0.2) is 60.7 Å². The molecule has 13 nitrogen and oxygen atoms in total. The van der Waals surface area contributed by atoms with Crippen molar-refractivity contribution in [1.82, 2.24) is 30.3 Å². The maximum absolute atomic E-state index is 12.9. The number of carboxylic acid groups (broad SMARTS) is 1. The van der Waals surface area contributed by atoms with E-state index in [1.54, 1.807) is 61.5 Å². The third-order valence-electron chi connectivity index (χ3n) is 6.72. The zero-order valence-corrected chi connectivity index (χ0v) is 24.7. The molecule has 0 aliphatic carbocycles. The first-order valence-electron chi connectivity index (χ1n) is 13.9. The maximum atomic E-state index is 12.9. The predicted molar refractivity (Wildman–Crippen MR) is 162 cm³/mol. The van der Waals surface area contributed by atoms with Gasteiger partial charge in [-0.2, -0.15) is 0 Å². The predicted octanol–water partition coefficient (Wildman–Crippen LogP) is 4.35. The van der Waals surface area contributed by atoms with Crippen molar-refractivity contribution in [3.05, 3.63) is 77.6 Å². The molecule has 0 saturated carbocycles. The second-order valence-corrected chi connectivity index (χ2v) is 10.2. The highest BCUT2D eigenvalue weighted by Crippen LogP contribution is 2.38. The Kier molecular flexibility index (Phi) is 9.68. The van der Waals surface area contributed by atoms with Crippen molar-refractivity contribution in [2.75, 3.05) is 26.7 Å². The van der Waals surface area contributed by atoms with Gasteiger partial charge in [0, 0.05) is 44.0 Å². The number of likely N-dealkylation sites (N-methyl/N-ethyl adjacent to an activating group) is 1. The molecule has 4 aromatic rings. The summed E-state index contributed by atoms with van der Waals surface area (Å²) >= 11 is 0. The van der Waals surface area contributed by atoms with E-state index in [2.05, 4.69) is 20.8 Å². The highest BCUT2D eigenvalue weighted by Gasteiger charge is 2.24. The van der Waals surface area contributed by atoms with Gasteiger partial charge in [-0.3, -0.25) is 14.2 Å². The molecule has 5 N–H and O–H groups in total. The van der Waals surface area contributed by atoms with Crippen LogP contribution in [0.2, 0.25) is 0 Å². The van der Waals surface area contributed by atoms with Crippen molar-refractivity contribution in [1.29, 1.82) is 0 Å². The van der Waals surface area contributed by atoms with Crippen LogP contribution in [0, 0.1) is 0 Å². The number of hydrogen-bond acceptors (Lipinski definition) is 8. The van der Waals surface area contributed by atoms with Gasteiger partial charge in [0.15, 0.2) is 5.82 Å². The molecule has 44 heavy (non-hydrogen) atoms. The Morgan fingerprint density at radius 3 is 2.14 bits per heavy atom. The molecule has 0 bridgehead atoms. The van der Waals surface area contributed by atoms with Crippen molar-refractivity contribution in [3.63, 3.8) is 0 Å². The van der Waals surface area contributed by atoms with E-state index in [4.69, 9.17) is 9.84 Å². The summed E-state index contributed by atoms with van der Waals surface area (Å²) in [6.07, 6.45) is -1.07. The molecule has 3 amide bonds. The second-order valence-electron chi connectivity index (χ2n) is 10.2. The summed E-state index contributed by atoms with van der Waals surface area (Å²) in [5.74, 6) is 0.0800. The molecule has 0 fully saturated rings. The molecule has 0 aliphatic rings. The van der Waals surface area contributed by atoms with Crippen LogP contribution in [-0.2, 0) is 0 Å². The highest BCUT2D eigenvalue weighted by atomic mass is 16.5. The zero-order valence-electron chi connectivity index (χ0n) is 24.7. The summed E-state index contributed by atoms with van der Waals surface area (Å²) in [5.41, 5.74) is 1.82. The third-order valence-corrected chi connectivity index (χ3v) is 6.72. The monoisotopic (exact) mass is 602 g/mol. The van der Waals surface area contributed by atoms with Gasteiger partial charge in [-0.15, -0.1) is 10.2 Å². The van der Waals surface area contributed by atoms with Gasteiger partial charge in [0.2, 0.25) is 5.82 Å². The Labute approximate surface area is 253 Å². The molecule has 4 rings (SSSR count). The fourth-order valence-corrected chi connectivity index (χ4v) is 4.33. The summed E-state index contributed by atoms with van der Waals surface area (Å²) in [7, 11) is 1.42. The van der Waals surface area contributed by atoms with Crippen molar-refractivity contribution in [3.8, 4) is 40.1 Å². The lowest BCUT2D eigenvalue weighted by Gasteiger charge is -2.15. The average molecular weight is 603 g/mol. The van der Waals surface area contributed by atoms with E-state index in [0.29, 0.717) is 40.4 Å². The van der Waals surface area contributed by atoms with Gasteiger partial charge in [-0.25, -0.2) is 4.79 Å². The van der Waals surface area contributed by atoms with Gasteiger partial charge in [0.1, 0.15) is 23.0 Å². The fraction of sp³-hybridized carbons (Fsp3) is 0.258. The lowest BCUT2D eigenvalue weighted by molar-refractivity contribution is 0.0937. The van der Waals surface area contributed by atoms with E-state index in [0.717, 1.165) is 4.90 Å². The molecule has 3 aromatic carbocycles. The number of aromatic nitrogens is 3. The molecule has 1 aromatic heterocycles. The Balaban J connectivity index is 1.56. The van der Waals surface area contributed by atoms with Gasteiger partial charge in [0.05, 0.1) is 5.56 Å². The van der Waals surface area contributed by atoms with Crippen molar-refractivity contribution in [2.45, 2.75) is 26.7 Å². The van der Waals surface area contributed by atoms with Crippen LogP contribution in [0.3, 0.4) is 0 Å². The minimum atomic E-state index is -1.07.